The molecule has 4 nitrogen and oxygen atoms in total. The molecule has 0 saturated carbocycles. The SMILES string of the molecule is CCC(C)C(=O)c1cccc(C(=O)Oc2ccc(C(C)(C)c3ccc(OC(C)C)c(C)c3)cc2C)c1. The number of aryl methyl sites for hydroxylation is 2. The van der Waals surface area contributed by atoms with Crippen molar-refractivity contribution in [2.24, 2.45) is 5.92 Å². The van der Waals surface area contributed by atoms with Crippen LogP contribution in [0.15, 0.2) is 60.7 Å². The van der Waals surface area contributed by atoms with E-state index < -0.39 is 5.97 Å². The van der Waals surface area contributed by atoms with Gasteiger partial charge in [-0.15, -0.1) is 0 Å². The maximum Gasteiger partial charge on any atom is 0.343 e. The van der Waals surface area contributed by atoms with Gasteiger partial charge in [0.2, 0.25) is 0 Å². The van der Waals surface area contributed by atoms with E-state index in [1.54, 1.807) is 24.3 Å². The number of Topliss-reactive ketones (excluding diaryl/α,β-unsaturated/α-hetero) is 1. The van der Waals surface area contributed by atoms with Crippen molar-refractivity contribution in [3.05, 3.63) is 94.0 Å². The molecule has 1 atom stereocenters. The molecule has 0 fully saturated rings. The summed E-state index contributed by atoms with van der Waals surface area (Å²) in [5, 5.41) is 0. The van der Waals surface area contributed by atoms with Crippen molar-refractivity contribution in [2.45, 2.75) is 73.3 Å². The maximum atomic E-state index is 12.9. The Morgan fingerprint density at radius 3 is 1.89 bits per heavy atom. The van der Waals surface area contributed by atoms with E-state index in [0.29, 0.717) is 16.9 Å². The van der Waals surface area contributed by atoms with Gasteiger partial charge in [0.25, 0.3) is 0 Å². The fraction of sp³-hybridized carbons (Fsp3) is 0.375. The molecule has 0 heterocycles. The highest BCUT2D eigenvalue weighted by Crippen LogP contribution is 2.36. The summed E-state index contributed by atoms with van der Waals surface area (Å²) < 4.78 is 11.6. The van der Waals surface area contributed by atoms with E-state index in [0.717, 1.165) is 28.9 Å². The van der Waals surface area contributed by atoms with Crippen molar-refractivity contribution in [1.82, 2.24) is 0 Å². The minimum Gasteiger partial charge on any atom is -0.491 e. The lowest BCUT2D eigenvalue weighted by atomic mass is 9.77. The van der Waals surface area contributed by atoms with Gasteiger partial charge < -0.3 is 9.47 Å². The van der Waals surface area contributed by atoms with Gasteiger partial charge in [-0.05, 0) is 80.6 Å². The van der Waals surface area contributed by atoms with Gasteiger partial charge in [0, 0.05) is 16.9 Å². The van der Waals surface area contributed by atoms with Gasteiger partial charge in [-0.1, -0.05) is 64.1 Å². The van der Waals surface area contributed by atoms with Crippen molar-refractivity contribution in [3.63, 3.8) is 0 Å². The summed E-state index contributed by atoms with van der Waals surface area (Å²) in [6, 6.07) is 19.0. The standard InChI is InChI=1S/C32H38O4/c1-9-21(4)30(33)24-11-10-12-25(19-24)31(34)36-29-16-14-27(18-23(29)6)32(7,8)26-13-15-28(22(5)17-26)35-20(2)3/h10-21H,9H2,1-8H3. The molecular formula is C32H38O4. The number of ether oxygens (including phenoxy) is 2. The van der Waals surface area contributed by atoms with Crippen LogP contribution in [0.3, 0.4) is 0 Å². The Morgan fingerprint density at radius 2 is 1.36 bits per heavy atom. The van der Waals surface area contributed by atoms with Crippen LogP contribution in [-0.4, -0.2) is 17.9 Å². The lowest BCUT2D eigenvalue weighted by molar-refractivity contribution is 0.0733. The van der Waals surface area contributed by atoms with E-state index in [4.69, 9.17) is 9.47 Å². The van der Waals surface area contributed by atoms with Crippen LogP contribution in [0.4, 0.5) is 0 Å². The first-order valence-electron chi connectivity index (χ1n) is 12.7. The summed E-state index contributed by atoms with van der Waals surface area (Å²) in [5.41, 5.74) is 4.93. The van der Waals surface area contributed by atoms with Gasteiger partial charge in [0.15, 0.2) is 5.78 Å². The van der Waals surface area contributed by atoms with Crippen LogP contribution >= 0.6 is 0 Å². The Morgan fingerprint density at radius 1 is 0.806 bits per heavy atom. The van der Waals surface area contributed by atoms with Crippen molar-refractivity contribution >= 4 is 11.8 Å². The average Bonchev–Trinajstić information content (AvgIpc) is 2.85. The first-order chi connectivity index (χ1) is 16.9. The highest BCUT2D eigenvalue weighted by atomic mass is 16.5. The van der Waals surface area contributed by atoms with E-state index in [1.165, 1.54) is 5.56 Å². The maximum absolute atomic E-state index is 12.9. The second-order valence-corrected chi connectivity index (χ2v) is 10.4. The van der Waals surface area contributed by atoms with Crippen LogP contribution in [0, 0.1) is 19.8 Å². The third-order valence-corrected chi connectivity index (χ3v) is 6.80. The zero-order valence-corrected chi connectivity index (χ0v) is 22.8. The molecule has 0 aliphatic rings. The summed E-state index contributed by atoms with van der Waals surface area (Å²) in [7, 11) is 0. The lowest BCUT2D eigenvalue weighted by Gasteiger charge is -2.28. The molecule has 190 valence electrons. The molecule has 0 aromatic heterocycles. The van der Waals surface area contributed by atoms with Crippen molar-refractivity contribution in [1.29, 1.82) is 0 Å². The van der Waals surface area contributed by atoms with E-state index in [2.05, 4.69) is 39.0 Å². The van der Waals surface area contributed by atoms with Crippen LogP contribution in [0.2, 0.25) is 0 Å². The van der Waals surface area contributed by atoms with Crippen LogP contribution in [-0.2, 0) is 5.41 Å². The molecule has 3 aromatic rings. The van der Waals surface area contributed by atoms with Crippen molar-refractivity contribution < 1.29 is 19.1 Å². The van der Waals surface area contributed by atoms with Crippen molar-refractivity contribution in [3.8, 4) is 11.5 Å². The monoisotopic (exact) mass is 486 g/mol. The molecule has 3 rings (SSSR count). The second kappa shape index (κ2) is 11.1. The highest BCUT2D eigenvalue weighted by Gasteiger charge is 2.25. The number of benzene rings is 3. The molecule has 0 radical (unpaired) electrons. The Hall–Kier alpha value is -3.40. The van der Waals surface area contributed by atoms with Gasteiger partial charge in [0.1, 0.15) is 11.5 Å². The number of hydrogen-bond donors (Lipinski definition) is 0. The summed E-state index contributed by atoms with van der Waals surface area (Å²) in [5.74, 6) is 0.888. The minimum atomic E-state index is -0.472. The Bertz CT molecular complexity index is 1250. The van der Waals surface area contributed by atoms with Gasteiger partial charge in [0.05, 0.1) is 11.7 Å². The Kier molecular flexibility index (Phi) is 8.39. The highest BCUT2D eigenvalue weighted by molar-refractivity contribution is 6.00. The van der Waals surface area contributed by atoms with Gasteiger partial charge >= 0.3 is 5.97 Å². The summed E-state index contributed by atoms with van der Waals surface area (Å²) in [6.45, 7) is 16.3. The first kappa shape index (κ1) is 27.2. The summed E-state index contributed by atoms with van der Waals surface area (Å²) in [6.07, 6.45) is 0.883. The Labute approximate surface area is 215 Å². The molecule has 36 heavy (non-hydrogen) atoms. The Balaban J connectivity index is 1.81. The molecule has 4 heteroatoms. The molecule has 0 spiro atoms. The van der Waals surface area contributed by atoms with E-state index in [1.807, 2.05) is 52.8 Å². The smallest absolute Gasteiger partial charge is 0.343 e. The fourth-order valence-corrected chi connectivity index (χ4v) is 4.17. The molecule has 3 aromatic carbocycles. The number of ketones is 1. The van der Waals surface area contributed by atoms with Gasteiger partial charge in [-0.2, -0.15) is 0 Å². The molecule has 0 N–H and O–H groups in total. The quantitative estimate of drug-likeness (QED) is 0.175. The molecule has 1 unspecified atom stereocenters. The van der Waals surface area contributed by atoms with Crippen LogP contribution in [0.1, 0.15) is 90.9 Å². The zero-order valence-electron chi connectivity index (χ0n) is 22.8. The van der Waals surface area contributed by atoms with Gasteiger partial charge in [-0.3, -0.25) is 4.79 Å². The van der Waals surface area contributed by atoms with Gasteiger partial charge in [-0.25, -0.2) is 4.79 Å². The predicted octanol–water partition coefficient (Wildman–Crippen LogP) is 7.86. The number of rotatable bonds is 9. The number of carbonyl (C=O) groups is 2. The third-order valence-electron chi connectivity index (χ3n) is 6.80. The third kappa shape index (κ3) is 6.04. The normalized spacial score (nSPS) is 12.4. The summed E-state index contributed by atoms with van der Waals surface area (Å²) >= 11 is 0. The summed E-state index contributed by atoms with van der Waals surface area (Å²) in [4.78, 5) is 25.4. The van der Waals surface area contributed by atoms with E-state index in [9.17, 15) is 9.59 Å². The minimum absolute atomic E-state index is 0.0361. The molecule has 0 saturated heterocycles. The largest absolute Gasteiger partial charge is 0.491 e. The van der Waals surface area contributed by atoms with Crippen LogP contribution in [0.5, 0.6) is 11.5 Å². The predicted molar refractivity (Wildman–Crippen MR) is 145 cm³/mol. The van der Waals surface area contributed by atoms with Crippen LogP contribution < -0.4 is 9.47 Å². The van der Waals surface area contributed by atoms with E-state index in [-0.39, 0.29) is 23.2 Å². The van der Waals surface area contributed by atoms with Crippen molar-refractivity contribution in [2.75, 3.05) is 0 Å². The fourth-order valence-electron chi connectivity index (χ4n) is 4.17. The lowest BCUT2D eigenvalue weighted by Crippen LogP contribution is -2.20. The molecule has 0 aliphatic heterocycles. The molecule has 0 aliphatic carbocycles. The molecular weight excluding hydrogens is 448 g/mol. The van der Waals surface area contributed by atoms with Crippen LogP contribution in [0.25, 0.3) is 0 Å². The topological polar surface area (TPSA) is 52.6 Å². The zero-order chi connectivity index (χ0) is 26.6. The number of esters is 1. The average molecular weight is 487 g/mol. The first-order valence-corrected chi connectivity index (χ1v) is 12.7. The number of carbonyl (C=O) groups excluding carboxylic acids is 2. The van der Waals surface area contributed by atoms with E-state index >= 15 is 0 Å². The number of hydrogen-bond acceptors (Lipinski definition) is 4. The second-order valence-electron chi connectivity index (χ2n) is 10.4. The molecule has 0 amide bonds. The molecule has 0 bridgehead atoms.